The number of fused-ring (bicyclic) bond motifs is 1. The van der Waals surface area contributed by atoms with Crippen molar-refractivity contribution in [1.29, 1.82) is 0 Å². The van der Waals surface area contributed by atoms with E-state index in [4.69, 9.17) is 11.6 Å². The van der Waals surface area contributed by atoms with E-state index in [0.29, 0.717) is 23.7 Å². The van der Waals surface area contributed by atoms with Crippen molar-refractivity contribution in [1.82, 2.24) is 20.1 Å². The van der Waals surface area contributed by atoms with Gasteiger partial charge in [0.2, 0.25) is 0 Å². The van der Waals surface area contributed by atoms with Gasteiger partial charge in [0.05, 0.1) is 16.2 Å². The van der Waals surface area contributed by atoms with Gasteiger partial charge in [-0.1, -0.05) is 29.8 Å². The number of carbonyl (C=O) groups excluding carboxylic acids is 1. The number of H-pyrrole nitrogens is 1. The molecule has 0 saturated heterocycles. The summed E-state index contributed by atoms with van der Waals surface area (Å²) in [4.78, 5) is 15.7. The number of carbonyl (C=O) groups is 1. The third-order valence-corrected chi connectivity index (χ3v) is 3.93. The van der Waals surface area contributed by atoms with E-state index in [9.17, 15) is 4.79 Å². The van der Waals surface area contributed by atoms with Crippen molar-refractivity contribution in [2.45, 2.75) is 6.42 Å². The monoisotopic (exact) mass is 328 g/mol. The SMILES string of the molecule is C=CCCNC(=O)c1[nH]c2c(Cl)cccc2c1-c1ccn(C)n1. The summed E-state index contributed by atoms with van der Waals surface area (Å²) in [6, 6.07) is 7.47. The summed E-state index contributed by atoms with van der Waals surface area (Å²) in [5.74, 6) is -0.181. The normalized spacial score (nSPS) is 10.9. The molecule has 3 aromatic rings. The second kappa shape index (κ2) is 6.30. The topological polar surface area (TPSA) is 62.7 Å². The summed E-state index contributed by atoms with van der Waals surface area (Å²) in [5.41, 5.74) is 2.70. The number of nitrogens with zero attached hydrogens (tertiary/aromatic N) is 2. The number of para-hydroxylation sites is 1. The highest BCUT2D eigenvalue weighted by Gasteiger charge is 2.21. The van der Waals surface area contributed by atoms with Crippen molar-refractivity contribution in [3.05, 3.63) is 53.8 Å². The summed E-state index contributed by atoms with van der Waals surface area (Å²) in [5, 5.41) is 8.76. The molecular weight excluding hydrogens is 312 g/mol. The Kier molecular flexibility index (Phi) is 4.21. The fourth-order valence-electron chi connectivity index (χ4n) is 2.54. The van der Waals surface area contributed by atoms with E-state index in [1.54, 1.807) is 16.8 Å². The minimum absolute atomic E-state index is 0.181. The zero-order valence-corrected chi connectivity index (χ0v) is 13.5. The van der Waals surface area contributed by atoms with Gasteiger partial charge in [0.15, 0.2) is 0 Å². The van der Waals surface area contributed by atoms with Gasteiger partial charge in [-0.2, -0.15) is 5.10 Å². The molecular formula is C17H17ClN4O. The maximum atomic E-state index is 12.5. The smallest absolute Gasteiger partial charge is 0.268 e. The molecule has 0 radical (unpaired) electrons. The van der Waals surface area contributed by atoms with Crippen LogP contribution in [0.2, 0.25) is 5.02 Å². The molecule has 2 heterocycles. The first kappa shape index (κ1) is 15.4. The van der Waals surface area contributed by atoms with Gasteiger partial charge in [-0.3, -0.25) is 9.48 Å². The van der Waals surface area contributed by atoms with Crippen LogP contribution in [0.25, 0.3) is 22.2 Å². The first-order chi connectivity index (χ1) is 11.1. The number of aromatic nitrogens is 3. The second-order valence-corrected chi connectivity index (χ2v) is 5.65. The molecule has 0 aliphatic rings. The van der Waals surface area contributed by atoms with Gasteiger partial charge in [-0.25, -0.2) is 0 Å². The second-order valence-electron chi connectivity index (χ2n) is 5.25. The molecule has 0 atom stereocenters. The van der Waals surface area contributed by atoms with Crippen LogP contribution in [0, 0.1) is 0 Å². The highest BCUT2D eigenvalue weighted by atomic mass is 35.5. The van der Waals surface area contributed by atoms with Crippen LogP contribution < -0.4 is 5.32 Å². The van der Waals surface area contributed by atoms with E-state index in [2.05, 4.69) is 22.0 Å². The molecule has 0 aliphatic heterocycles. The number of aromatic amines is 1. The zero-order chi connectivity index (χ0) is 16.4. The van der Waals surface area contributed by atoms with E-state index in [1.807, 2.05) is 31.4 Å². The first-order valence-electron chi connectivity index (χ1n) is 7.31. The molecule has 23 heavy (non-hydrogen) atoms. The molecule has 0 spiro atoms. The van der Waals surface area contributed by atoms with Crippen LogP contribution in [0.4, 0.5) is 0 Å². The summed E-state index contributed by atoms with van der Waals surface area (Å²) in [6.45, 7) is 4.19. The molecule has 3 rings (SSSR count). The number of nitrogens with one attached hydrogen (secondary N) is 2. The largest absolute Gasteiger partial charge is 0.350 e. The molecule has 1 aromatic carbocycles. The predicted molar refractivity (Wildman–Crippen MR) is 92.7 cm³/mol. The van der Waals surface area contributed by atoms with Gasteiger partial charge in [-0.05, 0) is 18.6 Å². The summed E-state index contributed by atoms with van der Waals surface area (Å²) >= 11 is 6.26. The number of halogens is 1. The average molecular weight is 329 g/mol. The lowest BCUT2D eigenvalue weighted by atomic mass is 10.1. The molecule has 1 amide bonds. The quantitative estimate of drug-likeness (QED) is 0.556. The predicted octanol–water partition coefficient (Wildman–Crippen LogP) is 3.53. The van der Waals surface area contributed by atoms with Crippen molar-refractivity contribution >= 4 is 28.4 Å². The molecule has 0 unspecified atom stereocenters. The molecule has 2 N–H and O–H groups in total. The van der Waals surface area contributed by atoms with Crippen LogP contribution >= 0.6 is 11.6 Å². The van der Waals surface area contributed by atoms with E-state index in [-0.39, 0.29) is 5.91 Å². The van der Waals surface area contributed by atoms with Gasteiger partial charge >= 0.3 is 0 Å². The number of hydrogen-bond donors (Lipinski definition) is 2. The Morgan fingerprint density at radius 3 is 3.00 bits per heavy atom. The molecule has 0 aliphatic carbocycles. The van der Waals surface area contributed by atoms with E-state index >= 15 is 0 Å². The van der Waals surface area contributed by atoms with Crippen LogP contribution in [0.15, 0.2) is 43.1 Å². The van der Waals surface area contributed by atoms with Crippen molar-refractivity contribution in [3.63, 3.8) is 0 Å². The van der Waals surface area contributed by atoms with Gasteiger partial charge < -0.3 is 10.3 Å². The fourth-order valence-corrected chi connectivity index (χ4v) is 2.76. The van der Waals surface area contributed by atoms with Crippen molar-refractivity contribution in [2.24, 2.45) is 7.05 Å². The summed E-state index contributed by atoms with van der Waals surface area (Å²) in [6.07, 6.45) is 4.33. The van der Waals surface area contributed by atoms with Crippen LogP contribution in [-0.2, 0) is 7.05 Å². The minimum atomic E-state index is -0.181. The molecule has 0 saturated carbocycles. The highest BCUT2D eigenvalue weighted by molar-refractivity contribution is 6.35. The van der Waals surface area contributed by atoms with Crippen molar-refractivity contribution in [3.8, 4) is 11.3 Å². The number of aryl methyl sites for hydroxylation is 1. The summed E-state index contributed by atoms with van der Waals surface area (Å²) < 4.78 is 1.71. The first-order valence-corrected chi connectivity index (χ1v) is 7.69. The average Bonchev–Trinajstić information content (AvgIpc) is 3.11. The van der Waals surface area contributed by atoms with E-state index < -0.39 is 0 Å². The Labute approximate surface area is 139 Å². The number of rotatable bonds is 5. The lowest BCUT2D eigenvalue weighted by molar-refractivity contribution is 0.0951. The molecule has 0 fully saturated rings. The number of amides is 1. The standard InChI is InChI=1S/C17H17ClN4O/c1-3-4-9-19-17(23)16-14(13-8-10-22(2)21-13)11-6-5-7-12(18)15(11)20-16/h3,5-8,10,20H,1,4,9H2,2H3,(H,19,23). The van der Waals surface area contributed by atoms with Crippen LogP contribution in [0.1, 0.15) is 16.9 Å². The van der Waals surface area contributed by atoms with E-state index in [1.165, 1.54) is 0 Å². The molecule has 118 valence electrons. The zero-order valence-electron chi connectivity index (χ0n) is 12.8. The van der Waals surface area contributed by atoms with Gasteiger partial charge in [0.25, 0.3) is 5.91 Å². The Balaban J connectivity index is 2.14. The van der Waals surface area contributed by atoms with Crippen LogP contribution in [-0.4, -0.2) is 27.2 Å². The molecule has 5 nitrogen and oxygen atoms in total. The van der Waals surface area contributed by atoms with Crippen LogP contribution in [0.3, 0.4) is 0 Å². The lowest BCUT2D eigenvalue weighted by Crippen LogP contribution is -2.25. The maximum absolute atomic E-state index is 12.5. The fraction of sp³-hybridized carbons (Fsp3) is 0.176. The van der Waals surface area contributed by atoms with Gasteiger partial charge in [0.1, 0.15) is 5.69 Å². The molecule has 0 bridgehead atoms. The van der Waals surface area contributed by atoms with E-state index in [0.717, 1.165) is 22.2 Å². The highest BCUT2D eigenvalue weighted by Crippen LogP contribution is 2.34. The molecule has 6 heteroatoms. The van der Waals surface area contributed by atoms with Crippen molar-refractivity contribution < 1.29 is 4.79 Å². The Bertz CT molecular complexity index is 878. The maximum Gasteiger partial charge on any atom is 0.268 e. The lowest BCUT2D eigenvalue weighted by Gasteiger charge is -2.04. The Morgan fingerprint density at radius 2 is 2.30 bits per heavy atom. The van der Waals surface area contributed by atoms with Crippen molar-refractivity contribution in [2.75, 3.05) is 6.54 Å². The minimum Gasteiger partial charge on any atom is -0.350 e. The van der Waals surface area contributed by atoms with Gasteiger partial charge in [-0.15, -0.1) is 6.58 Å². The Morgan fingerprint density at radius 1 is 1.48 bits per heavy atom. The van der Waals surface area contributed by atoms with Gasteiger partial charge in [0, 0.05) is 30.7 Å². The molecule has 2 aromatic heterocycles. The number of hydrogen-bond acceptors (Lipinski definition) is 2. The summed E-state index contributed by atoms with van der Waals surface area (Å²) in [7, 11) is 1.84. The Hall–Kier alpha value is -2.53. The third-order valence-electron chi connectivity index (χ3n) is 3.61. The third kappa shape index (κ3) is 2.87. The van der Waals surface area contributed by atoms with Crippen LogP contribution in [0.5, 0.6) is 0 Å². The number of benzene rings is 1.